The Labute approximate surface area is 242 Å². The second-order valence-corrected chi connectivity index (χ2v) is 13.5. The smallest absolute Gasteiger partial charge is 0.268 e. The van der Waals surface area contributed by atoms with Crippen LogP contribution in [-0.4, -0.2) is 52.9 Å². The van der Waals surface area contributed by atoms with E-state index in [1.54, 1.807) is 36.5 Å². The van der Waals surface area contributed by atoms with Crippen LogP contribution in [0, 0.1) is 11.9 Å². The molecule has 2 fully saturated rings. The lowest BCUT2D eigenvalue weighted by molar-refractivity contribution is 0.0769. The van der Waals surface area contributed by atoms with Crippen LogP contribution in [0.5, 0.6) is 0 Å². The molecule has 2 aliphatic rings. The maximum atomic E-state index is 14.1. The summed E-state index contributed by atoms with van der Waals surface area (Å²) in [7, 11) is -3.76. The molecule has 0 amide bonds. The van der Waals surface area contributed by atoms with E-state index in [9.17, 15) is 12.8 Å². The molecule has 2 aromatic carbocycles. The van der Waals surface area contributed by atoms with Crippen LogP contribution in [0.4, 0.5) is 4.39 Å². The van der Waals surface area contributed by atoms with Crippen molar-refractivity contribution < 1.29 is 12.8 Å². The Morgan fingerprint density at radius 3 is 2.44 bits per heavy atom. The minimum Gasteiger partial charge on any atom is -0.300 e. The van der Waals surface area contributed by atoms with Gasteiger partial charge in [0.15, 0.2) is 0 Å². The number of hydrogen-bond acceptors (Lipinski definition) is 5. The van der Waals surface area contributed by atoms with Crippen molar-refractivity contribution in [1.29, 1.82) is 0 Å². The summed E-state index contributed by atoms with van der Waals surface area (Å²) in [4.78, 5) is 9.47. The first kappa shape index (κ1) is 28.1. The monoisotopic (exact) mass is 574 g/mol. The van der Waals surface area contributed by atoms with Gasteiger partial charge in [-0.15, -0.1) is 0 Å². The summed E-state index contributed by atoms with van der Waals surface area (Å²) >= 11 is 0. The third-order valence-electron chi connectivity index (χ3n) is 8.77. The summed E-state index contributed by atoms with van der Waals surface area (Å²) < 4.78 is 42.8. The topological polar surface area (TPSA) is 58.4 Å². The van der Waals surface area contributed by atoms with Gasteiger partial charge >= 0.3 is 0 Å². The zero-order valence-corrected chi connectivity index (χ0v) is 24.4. The molecule has 6 rings (SSSR count). The molecule has 0 radical (unpaired) electrons. The van der Waals surface area contributed by atoms with Gasteiger partial charge in [-0.25, -0.2) is 17.4 Å². The Hall–Kier alpha value is -3.07. The standard InChI is InChI=1S/C33H39FN4O2S/c34-33-19-9-12-28(35-33)25-36(21-26-11-10-20-37(22-26)29-13-3-1-4-14-29)23-27-24-38(32-18-8-7-17-31(27)32)41(39,40)30-15-5-2-6-16-30/h2,5-9,12,15-19,24,26,29H,1,3-4,10-11,13-14,20-23,25H2. The lowest BCUT2D eigenvalue weighted by Crippen LogP contribution is -2.46. The summed E-state index contributed by atoms with van der Waals surface area (Å²) in [5, 5.41) is 0.914. The van der Waals surface area contributed by atoms with Gasteiger partial charge in [-0.1, -0.05) is 61.7 Å². The highest BCUT2D eigenvalue weighted by Crippen LogP contribution is 2.30. The average Bonchev–Trinajstić information content (AvgIpc) is 3.37. The van der Waals surface area contributed by atoms with E-state index >= 15 is 0 Å². The van der Waals surface area contributed by atoms with E-state index in [2.05, 4.69) is 14.8 Å². The van der Waals surface area contributed by atoms with E-state index in [1.165, 1.54) is 61.5 Å². The third kappa shape index (κ3) is 6.40. The molecule has 1 unspecified atom stereocenters. The fraction of sp³-hybridized carbons (Fsp3) is 0.424. The van der Waals surface area contributed by atoms with Crippen LogP contribution in [0.1, 0.15) is 56.2 Å². The van der Waals surface area contributed by atoms with Gasteiger partial charge in [0.2, 0.25) is 5.95 Å². The van der Waals surface area contributed by atoms with Gasteiger partial charge < -0.3 is 4.90 Å². The van der Waals surface area contributed by atoms with Gasteiger partial charge in [0.05, 0.1) is 16.1 Å². The van der Waals surface area contributed by atoms with Crippen LogP contribution >= 0.6 is 0 Å². The van der Waals surface area contributed by atoms with Crippen LogP contribution in [0.3, 0.4) is 0 Å². The van der Waals surface area contributed by atoms with Gasteiger partial charge in [0.25, 0.3) is 10.0 Å². The normalized spacial score (nSPS) is 19.2. The van der Waals surface area contributed by atoms with Crippen molar-refractivity contribution in [3.8, 4) is 0 Å². The molecule has 1 saturated heterocycles. The van der Waals surface area contributed by atoms with Gasteiger partial charge in [0.1, 0.15) is 0 Å². The number of pyridine rings is 1. The molecule has 41 heavy (non-hydrogen) atoms. The Bertz CT molecular complexity index is 1570. The molecule has 8 heteroatoms. The molecule has 1 aliphatic carbocycles. The zero-order valence-electron chi connectivity index (χ0n) is 23.5. The van der Waals surface area contributed by atoms with Crippen LogP contribution in [-0.2, 0) is 23.1 Å². The third-order valence-corrected chi connectivity index (χ3v) is 10.5. The molecule has 216 valence electrons. The predicted octanol–water partition coefficient (Wildman–Crippen LogP) is 6.46. The van der Waals surface area contributed by atoms with E-state index in [-0.39, 0.29) is 4.90 Å². The van der Waals surface area contributed by atoms with Gasteiger partial charge in [-0.3, -0.25) is 4.90 Å². The van der Waals surface area contributed by atoms with E-state index < -0.39 is 16.0 Å². The summed E-state index contributed by atoms with van der Waals surface area (Å²) in [6, 6.07) is 21.9. The molecule has 1 saturated carbocycles. The van der Waals surface area contributed by atoms with Crippen molar-refractivity contribution in [2.24, 2.45) is 5.92 Å². The first-order valence-electron chi connectivity index (χ1n) is 14.9. The van der Waals surface area contributed by atoms with Gasteiger partial charge in [0, 0.05) is 43.8 Å². The van der Waals surface area contributed by atoms with Crippen molar-refractivity contribution in [1.82, 2.24) is 18.8 Å². The van der Waals surface area contributed by atoms with E-state index in [1.807, 2.05) is 36.4 Å². The van der Waals surface area contributed by atoms with E-state index in [4.69, 9.17) is 0 Å². The van der Waals surface area contributed by atoms with Crippen LogP contribution < -0.4 is 0 Å². The Kier molecular flexibility index (Phi) is 8.51. The molecule has 0 spiro atoms. The Morgan fingerprint density at radius 1 is 0.854 bits per heavy atom. The predicted molar refractivity (Wildman–Crippen MR) is 160 cm³/mol. The van der Waals surface area contributed by atoms with Crippen molar-refractivity contribution in [3.05, 3.63) is 96.2 Å². The van der Waals surface area contributed by atoms with Gasteiger partial charge in [-0.05, 0) is 74.0 Å². The SMILES string of the molecule is O=S(=O)(c1ccccc1)n1cc(CN(Cc2cccc(F)n2)CC2CCCN(C3CCCCC3)C2)c2ccccc21. The summed E-state index contributed by atoms with van der Waals surface area (Å²) in [6.07, 6.45) is 10.8. The molecule has 6 nitrogen and oxygen atoms in total. The highest BCUT2D eigenvalue weighted by Gasteiger charge is 2.29. The molecule has 1 atom stereocenters. The number of likely N-dealkylation sites (tertiary alicyclic amines) is 1. The van der Waals surface area contributed by atoms with E-state index in [0.29, 0.717) is 36.3 Å². The largest absolute Gasteiger partial charge is 0.300 e. The second-order valence-electron chi connectivity index (χ2n) is 11.7. The fourth-order valence-electron chi connectivity index (χ4n) is 6.83. The number of piperidine rings is 1. The maximum absolute atomic E-state index is 14.1. The molecule has 0 bridgehead atoms. The Balaban J connectivity index is 1.30. The summed E-state index contributed by atoms with van der Waals surface area (Å²) in [5.74, 6) is 0.0229. The molecule has 0 N–H and O–H groups in total. The van der Waals surface area contributed by atoms with Crippen molar-refractivity contribution in [3.63, 3.8) is 0 Å². The number of hydrogen-bond donors (Lipinski definition) is 0. The number of rotatable bonds is 9. The van der Waals surface area contributed by atoms with Crippen LogP contribution in [0.15, 0.2) is 83.9 Å². The molecular formula is C33H39FN4O2S. The molecule has 2 aromatic heterocycles. The molecule has 4 aromatic rings. The minimum absolute atomic E-state index is 0.262. The van der Waals surface area contributed by atoms with Crippen molar-refractivity contribution >= 4 is 20.9 Å². The first-order valence-corrected chi connectivity index (χ1v) is 16.4. The summed E-state index contributed by atoms with van der Waals surface area (Å²) in [6.45, 7) is 4.17. The quantitative estimate of drug-likeness (QED) is 0.215. The molecule has 1 aliphatic heterocycles. The zero-order chi connectivity index (χ0) is 28.2. The lowest BCUT2D eigenvalue weighted by atomic mass is 9.90. The Morgan fingerprint density at radius 2 is 1.63 bits per heavy atom. The highest BCUT2D eigenvalue weighted by atomic mass is 32.2. The molecule has 3 heterocycles. The lowest BCUT2D eigenvalue weighted by Gasteiger charge is -2.41. The van der Waals surface area contributed by atoms with Crippen LogP contribution in [0.2, 0.25) is 0 Å². The number of fused-ring (bicyclic) bond motifs is 1. The number of para-hydroxylation sites is 1. The number of nitrogens with zero attached hydrogens (tertiary/aromatic N) is 4. The van der Waals surface area contributed by atoms with Crippen molar-refractivity contribution in [2.75, 3.05) is 19.6 Å². The average molecular weight is 575 g/mol. The van der Waals surface area contributed by atoms with Crippen LogP contribution in [0.25, 0.3) is 10.9 Å². The van der Waals surface area contributed by atoms with Gasteiger partial charge in [-0.2, -0.15) is 4.39 Å². The number of halogens is 1. The van der Waals surface area contributed by atoms with Crippen molar-refractivity contribution in [2.45, 2.75) is 69.0 Å². The van der Waals surface area contributed by atoms with E-state index in [0.717, 1.165) is 24.0 Å². The highest BCUT2D eigenvalue weighted by molar-refractivity contribution is 7.90. The number of benzene rings is 2. The minimum atomic E-state index is -3.76. The fourth-order valence-corrected chi connectivity index (χ4v) is 8.24. The maximum Gasteiger partial charge on any atom is 0.268 e. The number of aromatic nitrogens is 2. The first-order chi connectivity index (χ1) is 20.0. The molecular weight excluding hydrogens is 535 g/mol. The second kappa shape index (κ2) is 12.4. The summed E-state index contributed by atoms with van der Waals surface area (Å²) in [5.41, 5.74) is 2.29.